The van der Waals surface area contributed by atoms with Crippen molar-refractivity contribution in [1.82, 2.24) is 5.32 Å². The normalized spacial score (nSPS) is 18.9. The van der Waals surface area contributed by atoms with Gasteiger partial charge in [-0.25, -0.2) is 4.58 Å². The number of halogens is 2. The van der Waals surface area contributed by atoms with Gasteiger partial charge < -0.3 is 10.1 Å². The summed E-state index contributed by atoms with van der Waals surface area (Å²) in [5.74, 6) is 0.967. The molecule has 1 aromatic rings. The number of alkyl halides is 1. The van der Waals surface area contributed by atoms with E-state index in [9.17, 15) is 0 Å². The summed E-state index contributed by atoms with van der Waals surface area (Å²) in [6, 6.07) is 9.02. The van der Waals surface area contributed by atoms with Crippen molar-refractivity contribution in [3.63, 3.8) is 0 Å². The molecule has 3 nitrogen and oxygen atoms in total. The molecular formula is C15H21I2N2O+. The first-order valence-corrected chi connectivity index (χ1v) is 9.77. The van der Waals surface area contributed by atoms with Gasteiger partial charge in [0.15, 0.2) is 4.22 Å². The number of hydrogen-bond acceptors (Lipinski definition) is 2. The van der Waals surface area contributed by atoms with Crippen LogP contribution in [0.1, 0.15) is 18.4 Å². The van der Waals surface area contributed by atoms with Gasteiger partial charge in [0.1, 0.15) is 25.4 Å². The van der Waals surface area contributed by atoms with Crippen LogP contribution >= 0.6 is 45.2 Å². The van der Waals surface area contributed by atoms with Crippen LogP contribution in [-0.2, 0) is 4.43 Å². The Morgan fingerprint density at radius 1 is 1.25 bits per heavy atom. The van der Waals surface area contributed by atoms with E-state index in [1.165, 1.54) is 31.5 Å². The van der Waals surface area contributed by atoms with E-state index in [0.717, 1.165) is 23.3 Å². The fourth-order valence-electron chi connectivity index (χ4n) is 2.31. The highest BCUT2D eigenvalue weighted by Gasteiger charge is 2.19. The van der Waals surface area contributed by atoms with E-state index in [0.29, 0.717) is 6.04 Å². The molecule has 1 heterocycles. The Morgan fingerprint density at radius 2 is 1.95 bits per heavy atom. The van der Waals surface area contributed by atoms with Crippen molar-refractivity contribution in [1.29, 1.82) is 0 Å². The van der Waals surface area contributed by atoms with Crippen LogP contribution in [-0.4, -0.2) is 41.1 Å². The zero-order chi connectivity index (χ0) is 14.2. The lowest BCUT2D eigenvalue weighted by atomic mass is 10.1. The summed E-state index contributed by atoms with van der Waals surface area (Å²) >= 11 is 4.69. The summed E-state index contributed by atoms with van der Waals surface area (Å²) in [7, 11) is 0. The van der Waals surface area contributed by atoms with E-state index in [-0.39, 0.29) is 0 Å². The largest absolute Gasteiger partial charge is 0.492 e. The Labute approximate surface area is 148 Å². The van der Waals surface area contributed by atoms with Crippen LogP contribution in [0.25, 0.3) is 0 Å². The van der Waals surface area contributed by atoms with Gasteiger partial charge in [-0.15, -0.1) is 0 Å². The average Bonchev–Trinajstić information content (AvgIpc) is 2.53. The van der Waals surface area contributed by atoms with Crippen molar-refractivity contribution >= 4 is 49.4 Å². The quantitative estimate of drug-likeness (QED) is 0.282. The molecule has 0 spiro atoms. The first-order chi connectivity index (χ1) is 9.81. The van der Waals surface area contributed by atoms with Crippen LogP contribution in [0.3, 0.4) is 0 Å². The second kappa shape index (κ2) is 9.19. The van der Waals surface area contributed by atoms with E-state index in [1.54, 1.807) is 0 Å². The number of rotatable bonds is 6. The second-order valence-corrected chi connectivity index (χ2v) is 6.31. The molecular weight excluding hydrogens is 478 g/mol. The smallest absolute Gasteiger partial charge is 0.199 e. The molecule has 0 amide bonds. The molecule has 1 aliphatic rings. The Balaban J connectivity index is 1.61. The number of nitrogens with one attached hydrogen (secondary N) is 1. The minimum Gasteiger partial charge on any atom is -0.492 e. The van der Waals surface area contributed by atoms with Crippen LogP contribution in [0.2, 0.25) is 0 Å². The number of ether oxygens (including phenoxy) is 1. The molecule has 20 heavy (non-hydrogen) atoms. The van der Waals surface area contributed by atoms with Gasteiger partial charge >= 0.3 is 0 Å². The summed E-state index contributed by atoms with van der Waals surface area (Å²) in [5.41, 5.74) is 1.34. The minimum absolute atomic E-state index is 0.646. The zero-order valence-corrected chi connectivity index (χ0v) is 15.8. The molecule has 0 aliphatic carbocycles. The highest BCUT2D eigenvalue weighted by molar-refractivity contribution is 14.1. The van der Waals surface area contributed by atoms with Crippen molar-refractivity contribution in [2.45, 2.75) is 23.3 Å². The molecule has 1 saturated heterocycles. The maximum atomic E-state index is 5.76. The van der Waals surface area contributed by atoms with Crippen molar-refractivity contribution in [3.05, 3.63) is 29.8 Å². The van der Waals surface area contributed by atoms with Crippen molar-refractivity contribution < 1.29 is 9.31 Å². The molecule has 0 atom stereocenters. The van der Waals surface area contributed by atoms with Crippen LogP contribution < -0.4 is 10.1 Å². The van der Waals surface area contributed by atoms with E-state index >= 15 is 0 Å². The molecule has 0 aromatic heterocycles. The van der Waals surface area contributed by atoms with Gasteiger partial charge in [0.2, 0.25) is 0 Å². The summed E-state index contributed by atoms with van der Waals surface area (Å²) in [4.78, 5) is 0. The van der Waals surface area contributed by atoms with E-state index in [2.05, 4.69) is 83.6 Å². The van der Waals surface area contributed by atoms with Gasteiger partial charge in [-0.3, -0.25) is 0 Å². The SMILES string of the molecule is IC=[N+]1CCC(NCCOc2ccc(CI)cc2)CC1. The van der Waals surface area contributed by atoms with Gasteiger partial charge in [-0.2, -0.15) is 0 Å². The Kier molecular flexibility index (Phi) is 7.58. The van der Waals surface area contributed by atoms with E-state index in [1.807, 2.05) is 0 Å². The molecule has 1 aromatic carbocycles. The van der Waals surface area contributed by atoms with Gasteiger partial charge in [-0.05, 0) is 17.7 Å². The summed E-state index contributed by atoms with van der Waals surface area (Å²) in [6.07, 6.45) is 2.45. The molecule has 1 fully saturated rings. The zero-order valence-electron chi connectivity index (χ0n) is 11.5. The minimum atomic E-state index is 0.646. The standard InChI is InChI=1S/C15H21I2N2O/c16-11-13-1-3-15(4-2-13)20-10-7-18-14-5-8-19(12-17)9-6-14/h1-4,12,14,18H,5-11H2/q+1. The Hall–Kier alpha value is 0.110. The molecule has 0 bridgehead atoms. The molecule has 0 radical (unpaired) electrons. The van der Waals surface area contributed by atoms with Crippen LogP contribution in [0.4, 0.5) is 0 Å². The Bertz CT molecular complexity index is 424. The molecule has 0 unspecified atom stereocenters. The van der Waals surface area contributed by atoms with Crippen LogP contribution in [0, 0.1) is 0 Å². The monoisotopic (exact) mass is 499 g/mol. The first-order valence-electron chi connectivity index (χ1n) is 7.00. The topological polar surface area (TPSA) is 24.3 Å². The maximum Gasteiger partial charge on any atom is 0.199 e. The van der Waals surface area contributed by atoms with Crippen molar-refractivity contribution in [2.24, 2.45) is 0 Å². The third-order valence-corrected chi connectivity index (χ3v) is 5.22. The third-order valence-electron chi connectivity index (χ3n) is 3.55. The van der Waals surface area contributed by atoms with E-state index in [4.69, 9.17) is 4.74 Å². The summed E-state index contributed by atoms with van der Waals surface area (Å²) in [5, 5.41) is 3.59. The van der Waals surface area contributed by atoms with Crippen molar-refractivity contribution in [2.75, 3.05) is 26.2 Å². The fourth-order valence-corrected chi connectivity index (χ4v) is 3.37. The second-order valence-electron chi connectivity index (χ2n) is 4.99. The summed E-state index contributed by atoms with van der Waals surface area (Å²) < 4.78 is 11.3. The van der Waals surface area contributed by atoms with E-state index < -0.39 is 0 Å². The van der Waals surface area contributed by atoms with Crippen LogP contribution in [0.5, 0.6) is 5.75 Å². The van der Waals surface area contributed by atoms with Gasteiger partial charge in [0.05, 0.1) is 0 Å². The summed E-state index contributed by atoms with van der Waals surface area (Å²) in [6.45, 7) is 3.99. The van der Waals surface area contributed by atoms with Crippen LogP contribution in [0.15, 0.2) is 24.3 Å². The molecule has 1 aliphatic heterocycles. The average molecular weight is 499 g/mol. The molecule has 1 N–H and O–H groups in total. The lowest BCUT2D eigenvalue weighted by Gasteiger charge is -2.21. The molecule has 5 heteroatoms. The number of benzene rings is 1. The van der Waals surface area contributed by atoms with Crippen molar-refractivity contribution in [3.8, 4) is 5.75 Å². The highest BCUT2D eigenvalue weighted by Crippen LogP contribution is 2.14. The number of piperidine rings is 1. The fraction of sp³-hybridized carbons (Fsp3) is 0.533. The Morgan fingerprint density at radius 3 is 2.55 bits per heavy atom. The molecule has 0 saturated carbocycles. The molecule has 2 rings (SSSR count). The first kappa shape index (κ1) is 16.5. The lowest BCUT2D eigenvalue weighted by molar-refractivity contribution is -0.531. The predicted molar refractivity (Wildman–Crippen MR) is 101 cm³/mol. The lowest BCUT2D eigenvalue weighted by Crippen LogP contribution is -2.40. The maximum absolute atomic E-state index is 5.76. The number of hydrogen-bond donors (Lipinski definition) is 1. The third kappa shape index (κ3) is 5.48. The van der Waals surface area contributed by atoms with Gasteiger partial charge in [-0.1, -0.05) is 34.7 Å². The predicted octanol–water partition coefficient (Wildman–Crippen LogP) is 3.23. The van der Waals surface area contributed by atoms with Gasteiger partial charge in [0.25, 0.3) is 0 Å². The van der Waals surface area contributed by atoms with Gasteiger partial charge in [0, 0.05) is 52.4 Å². The molecule has 110 valence electrons. The highest BCUT2D eigenvalue weighted by atomic mass is 127. The number of nitrogens with zero attached hydrogens (tertiary/aromatic N) is 1.